The van der Waals surface area contributed by atoms with E-state index in [0.717, 1.165) is 25.7 Å². The highest BCUT2D eigenvalue weighted by Gasteiger charge is 2.36. The van der Waals surface area contributed by atoms with E-state index in [2.05, 4.69) is 0 Å². The Morgan fingerprint density at radius 1 is 1.05 bits per heavy atom. The van der Waals surface area contributed by atoms with Gasteiger partial charge in [-0.05, 0) is 12.8 Å². The van der Waals surface area contributed by atoms with E-state index < -0.39 is 10.0 Å². The average molecular weight is 289 g/mol. The summed E-state index contributed by atoms with van der Waals surface area (Å²) in [6.45, 7) is 1.84. The van der Waals surface area contributed by atoms with Crippen molar-refractivity contribution in [1.82, 2.24) is 14.1 Å². The summed E-state index contributed by atoms with van der Waals surface area (Å²) in [5.41, 5.74) is 0. The minimum atomic E-state index is -3.15. The predicted molar refractivity (Wildman–Crippen MR) is 73.4 cm³/mol. The fourth-order valence-corrected chi connectivity index (χ4v) is 4.84. The second kappa shape index (κ2) is 5.66. The zero-order valence-electron chi connectivity index (χ0n) is 11.7. The van der Waals surface area contributed by atoms with Gasteiger partial charge in [0.1, 0.15) is 0 Å². The Morgan fingerprint density at radius 3 is 2.05 bits per heavy atom. The molecule has 6 nitrogen and oxygen atoms in total. The lowest BCUT2D eigenvalue weighted by Gasteiger charge is -2.36. The fraction of sp³-hybridized carbons (Fsp3) is 0.917. The summed E-state index contributed by atoms with van der Waals surface area (Å²) in [6, 6.07) is -0.0436. The molecule has 0 radical (unpaired) electrons. The molecule has 2 rings (SSSR count). The van der Waals surface area contributed by atoms with E-state index in [1.54, 1.807) is 23.3 Å². The molecule has 0 unspecified atom stereocenters. The number of hydrogen-bond donors (Lipinski definition) is 0. The molecule has 19 heavy (non-hydrogen) atoms. The van der Waals surface area contributed by atoms with Crippen LogP contribution >= 0.6 is 0 Å². The van der Waals surface area contributed by atoms with Crippen molar-refractivity contribution in [3.05, 3.63) is 0 Å². The van der Waals surface area contributed by atoms with Gasteiger partial charge in [0.2, 0.25) is 10.0 Å². The maximum absolute atomic E-state index is 12.4. The summed E-state index contributed by atoms with van der Waals surface area (Å²) in [6.07, 6.45) is 3.62. The van der Waals surface area contributed by atoms with E-state index >= 15 is 0 Å². The van der Waals surface area contributed by atoms with Gasteiger partial charge in [-0.2, -0.15) is 4.31 Å². The van der Waals surface area contributed by atoms with Crippen LogP contribution in [0.2, 0.25) is 0 Å². The SMILES string of the molecule is CN(C)C(=O)N1CCN(S(=O)(=O)C2CCCC2)CC1. The molecule has 0 aromatic carbocycles. The Balaban J connectivity index is 1.94. The molecule has 1 aliphatic heterocycles. The van der Waals surface area contributed by atoms with E-state index in [1.807, 2.05) is 0 Å². The van der Waals surface area contributed by atoms with Gasteiger partial charge in [-0.25, -0.2) is 13.2 Å². The molecule has 1 heterocycles. The molecule has 0 spiro atoms. The number of amides is 2. The molecule has 0 aromatic heterocycles. The van der Waals surface area contributed by atoms with Gasteiger partial charge < -0.3 is 9.80 Å². The van der Waals surface area contributed by atoms with Crippen molar-refractivity contribution in [3.8, 4) is 0 Å². The van der Waals surface area contributed by atoms with Gasteiger partial charge in [0.05, 0.1) is 5.25 Å². The summed E-state index contributed by atoms with van der Waals surface area (Å²) in [5, 5.41) is -0.191. The van der Waals surface area contributed by atoms with Crippen molar-refractivity contribution in [1.29, 1.82) is 0 Å². The van der Waals surface area contributed by atoms with Crippen LogP contribution in [0.25, 0.3) is 0 Å². The number of hydrogen-bond acceptors (Lipinski definition) is 3. The first-order valence-electron chi connectivity index (χ1n) is 6.88. The van der Waals surface area contributed by atoms with E-state index in [4.69, 9.17) is 0 Å². The molecule has 1 saturated carbocycles. The lowest BCUT2D eigenvalue weighted by molar-refractivity contribution is 0.149. The van der Waals surface area contributed by atoms with Crippen LogP contribution in [-0.4, -0.2) is 74.1 Å². The third-order valence-electron chi connectivity index (χ3n) is 3.98. The van der Waals surface area contributed by atoms with Crippen molar-refractivity contribution < 1.29 is 13.2 Å². The maximum Gasteiger partial charge on any atom is 0.319 e. The molecular weight excluding hydrogens is 266 g/mol. The van der Waals surface area contributed by atoms with Crippen LogP contribution in [0, 0.1) is 0 Å². The molecule has 2 amide bonds. The van der Waals surface area contributed by atoms with Crippen LogP contribution in [-0.2, 0) is 10.0 Å². The van der Waals surface area contributed by atoms with E-state index in [-0.39, 0.29) is 11.3 Å². The van der Waals surface area contributed by atoms with Crippen molar-refractivity contribution >= 4 is 16.1 Å². The van der Waals surface area contributed by atoms with Crippen molar-refractivity contribution in [2.75, 3.05) is 40.3 Å². The zero-order chi connectivity index (χ0) is 14.0. The van der Waals surface area contributed by atoms with E-state index in [0.29, 0.717) is 26.2 Å². The number of sulfonamides is 1. The number of rotatable bonds is 2. The van der Waals surface area contributed by atoms with Crippen LogP contribution in [0.4, 0.5) is 4.79 Å². The second-order valence-corrected chi connectivity index (χ2v) is 7.73. The van der Waals surface area contributed by atoms with Gasteiger partial charge in [-0.1, -0.05) is 12.8 Å². The molecule has 7 heteroatoms. The lowest BCUT2D eigenvalue weighted by atomic mass is 10.4. The smallest absolute Gasteiger partial charge is 0.319 e. The normalized spacial score (nSPS) is 22.7. The Bertz CT molecular complexity index is 422. The monoisotopic (exact) mass is 289 g/mol. The van der Waals surface area contributed by atoms with Gasteiger partial charge in [0, 0.05) is 40.3 Å². The van der Waals surface area contributed by atoms with Gasteiger partial charge in [0.25, 0.3) is 0 Å². The summed E-state index contributed by atoms with van der Waals surface area (Å²) >= 11 is 0. The quantitative estimate of drug-likeness (QED) is 0.746. The molecule has 2 fully saturated rings. The van der Waals surface area contributed by atoms with Gasteiger partial charge in [0.15, 0.2) is 0 Å². The Hall–Kier alpha value is -0.820. The molecule has 110 valence electrons. The molecular formula is C12H23N3O3S. The van der Waals surface area contributed by atoms with Crippen molar-refractivity contribution in [2.45, 2.75) is 30.9 Å². The Kier molecular flexibility index (Phi) is 4.35. The summed E-state index contributed by atoms with van der Waals surface area (Å²) in [4.78, 5) is 15.0. The molecule has 2 aliphatic rings. The average Bonchev–Trinajstić information content (AvgIpc) is 2.92. The fourth-order valence-electron chi connectivity index (χ4n) is 2.81. The lowest BCUT2D eigenvalue weighted by Crippen LogP contribution is -2.54. The first-order chi connectivity index (χ1) is 8.93. The standard InChI is InChI=1S/C12H23N3O3S/c1-13(2)12(16)14-7-9-15(10-8-14)19(17,18)11-5-3-4-6-11/h11H,3-10H2,1-2H3. The number of carbonyl (C=O) groups excluding carboxylic acids is 1. The van der Waals surface area contributed by atoms with Crippen LogP contribution < -0.4 is 0 Å². The Labute approximate surface area is 115 Å². The predicted octanol–water partition coefficient (Wildman–Crippen LogP) is 0.558. The molecule has 1 aliphatic carbocycles. The van der Waals surface area contributed by atoms with Crippen LogP contribution in [0.5, 0.6) is 0 Å². The summed E-state index contributed by atoms with van der Waals surface area (Å²) in [7, 11) is 0.275. The maximum atomic E-state index is 12.4. The van der Waals surface area contributed by atoms with Crippen LogP contribution in [0.15, 0.2) is 0 Å². The molecule has 1 saturated heterocycles. The van der Waals surface area contributed by atoms with Crippen molar-refractivity contribution in [3.63, 3.8) is 0 Å². The second-order valence-electron chi connectivity index (χ2n) is 5.51. The van der Waals surface area contributed by atoms with Gasteiger partial charge in [-0.3, -0.25) is 0 Å². The largest absolute Gasteiger partial charge is 0.331 e. The van der Waals surface area contributed by atoms with Crippen LogP contribution in [0.3, 0.4) is 0 Å². The summed E-state index contributed by atoms with van der Waals surface area (Å²) in [5.74, 6) is 0. The topological polar surface area (TPSA) is 60.9 Å². The number of nitrogens with zero attached hydrogens (tertiary/aromatic N) is 3. The summed E-state index contributed by atoms with van der Waals surface area (Å²) < 4.78 is 26.4. The molecule has 0 N–H and O–H groups in total. The first kappa shape index (κ1) is 14.6. The van der Waals surface area contributed by atoms with Gasteiger partial charge >= 0.3 is 6.03 Å². The third kappa shape index (κ3) is 3.02. The minimum Gasteiger partial charge on any atom is -0.331 e. The molecule has 0 aromatic rings. The molecule has 0 bridgehead atoms. The number of carbonyl (C=O) groups is 1. The molecule has 0 atom stereocenters. The number of urea groups is 1. The third-order valence-corrected chi connectivity index (χ3v) is 6.37. The zero-order valence-corrected chi connectivity index (χ0v) is 12.5. The van der Waals surface area contributed by atoms with Gasteiger partial charge in [-0.15, -0.1) is 0 Å². The van der Waals surface area contributed by atoms with E-state index in [9.17, 15) is 13.2 Å². The Morgan fingerprint density at radius 2 is 1.58 bits per heavy atom. The van der Waals surface area contributed by atoms with Crippen molar-refractivity contribution in [2.24, 2.45) is 0 Å². The first-order valence-corrected chi connectivity index (χ1v) is 8.38. The van der Waals surface area contributed by atoms with Crippen LogP contribution in [0.1, 0.15) is 25.7 Å². The highest BCUT2D eigenvalue weighted by molar-refractivity contribution is 7.89. The van der Waals surface area contributed by atoms with E-state index in [1.165, 1.54) is 4.90 Å². The minimum absolute atomic E-state index is 0.0436. The highest BCUT2D eigenvalue weighted by Crippen LogP contribution is 2.27. The highest BCUT2D eigenvalue weighted by atomic mass is 32.2. The number of piperazine rings is 1.